The van der Waals surface area contributed by atoms with Gasteiger partial charge in [0, 0.05) is 0 Å². The molecule has 2 rings (SSSR count). The molecule has 138 valence electrons. The summed E-state index contributed by atoms with van der Waals surface area (Å²) in [4.78, 5) is 23.9. The van der Waals surface area contributed by atoms with Gasteiger partial charge in [-0.05, 0) is 42.3 Å². The van der Waals surface area contributed by atoms with Gasteiger partial charge in [0.05, 0.1) is 27.9 Å². The van der Waals surface area contributed by atoms with Crippen LogP contribution in [-0.4, -0.2) is 25.1 Å². The maximum atomic E-state index is 12.0. The number of halogens is 2. The van der Waals surface area contributed by atoms with E-state index in [0.29, 0.717) is 33.9 Å². The Bertz CT molecular complexity index is 755. The quantitative estimate of drug-likeness (QED) is 0.682. The van der Waals surface area contributed by atoms with Crippen molar-refractivity contribution in [3.63, 3.8) is 0 Å². The Hall–Kier alpha value is -2.24. The second-order valence-corrected chi connectivity index (χ2v) is 6.76. The highest BCUT2D eigenvalue weighted by Crippen LogP contribution is 2.29. The Morgan fingerprint density at radius 1 is 1.04 bits per heavy atom. The summed E-state index contributed by atoms with van der Waals surface area (Å²) >= 11 is 11.9. The number of hydrogen-bond acceptors (Lipinski definition) is 4. The van der Waals surface area contributed by atoms with Crippen LogP contribution in [0.4, 0.5) is 5.69 Å². The normalized spacial score (nSPS) is 10.5. The molecule has 26 heavy (non-hydrogen) atoms. The molecule has 0 saturated heterocycles. The summed E-state index contributed by atoms with van der Waals surface area (Å²) < 4.78 is 10.5. The number of carbonyl (C=O) groups excluding carboxylic acids is 2. The van der Waals surface area contributed by atoms with E-state index in [0.717, 1.165) is 0 Å². The predicted octanol–water partition coefficient (Wildman–Crippen LogP) is 4.82. The van der Waals surface area contributed by atoms with Gasteiger partial charge >= 0.3 is 5.97 Å². The van der Waals surface area contributed by atoms with Crippen LogP contribution in [0.2, 0.25) is 10.0 Å². The minimum Gasteiger partial charge on any atom is -0.493 e. The highest BCUT2D eigenvalue weighted by Gasteiger charge is 2.13. The topological polar surface area (TPSA) is 64.6 Å². The fourth-order valence-corrected chi connectivity index (χ4v) is 2.45. The maximum absolute atomic E-state index is 12.0. The molecular weight excluding hydrogens is 377 g/mol. The van der Waals surface area contributed by atoms with Crippen molar-refractivity contribution in [1.82, 2.24) is 0 Å². The number of benzene rings is 2. The van der Waals surface area contributed by atoms with Crippen LogP contribution >= 0.6 is 23.2 Å². The molecule has 0 saturated carbocycles. The minimum atomic E-state index is -0.610. The zero-order chi connectivity index (χ0) is 19.1. The van der Waals surface area contributed by atoms with E-state index in [1.165, 1.54) is 0 Å². The van der Waals surface area contributed by atoms with Gasteiger partial charge in [-0.25, -0.2) is 4.79 Å². The second kappa shape index (κ2) is 9.46. The van der Waals surface area contributed by atoms with Crippen LogP contribution < -0.4 is 10.1 Å². The molecule has 0 radical (unpaired) electrons. The van der Waals surface area contributed by atoms with Gasteiger partial charge in [0.1, 0.15) is 5.75 Å². The highest BCUT2D eigenvalue weighted by atomic mass is 35.5. The first-order valence-electron chi connectivity index (χ1n) is 8.00. The molecule has 0 unspecified atom stereocenters. The molecular formula is C19H19Cl2NO4. The summed E-state index contributed by atoms with van der Waals surface area (Å²) in [5.41, 5.74) is 0.606. The number of carbonyl (C=O) groups is 2. The number of hydrogen-bond donors (Lipinski definition) is 1. The Morgan fingerprint density at radius 3 is 2.23 bits per heavy atom. The van der Waals surface area contributed by atoms with Crippen LogP contribution in [0, 0.1) is 5.92 Å². The van der Waals surface area contributed by atoms with Gasteiger partial charge in [-0.2, -0.15) is 0 Å². The van der Waals surface area contributed by atoms with E-state index in [9.17, 15) is 9.59 Å². The van der Waals surface area contributed by atoms with Crippen LogP contribution in [0.15, 0.2) is 42.5 Å². The average molecular weight is 396 g/mol. The zero-order valence-electron chi connectivity index (χ0n) is 14.4. The third-order valence-corrected chi connectivity index (χ3v) is 3.86. The largest absolute Gasteiger partial charge is 0.493 e. The van der Waals surface area contributed by atoms with Crippen molar-refractivity contribution >= 4 is 40.8 Å². The second-order valence-electron chi connectivity index (χ2n) is 5.95. The van der Waals surface area contributed by atoms with Gasteiger partial charge in [0.25, 0.3) is 5.91 Å². The van der Waals surface area contributed by atoms with E-state index in [2.05, 4.69) is 5.32 Å². The Labute approximate surface area is 162 Å². The summed E-state index contributed by atoms with van der Waals surface area (Å²) in [5.74, 6) is -0.0721. The lowest BCUT2D eigenvalue weighted by Crippen LogP contribution is -2.21. The molecule has 0 fully saturated rings. The lowest BCUT2D eigenvalue weighted by atomic mass is 10.2. The number of anilines is 1. The van der Waals surface area contributed by atoms with Crippen molar-refractivity contribution < 1.29 is 19.1 Å². The first-order chi connectivity index (χ1) is 12.4. The molecule has 7 heteroatoms. The predicted molar refractivity (Wildman–Crippen MR) is 102 cm³/mol. The third-order valence-electron chi connectivity index (χ3n) is 3.23. The van der Waals surface area contributed by atoms with Crippen LogP contribution in [0.5, 0.6) is 5.75 Å². The van der Waals surface area contributed by atoms with Gasteiger partial charge in [-0.3, -0.25) is 4.79 Å². The average Bonchev–Trinajstić information content (AvgIpc) is 2.61. The Morgan fingerprint density at radius 2 is 1.65 bits per heavy atom. The molecule has 1 N–H and O–H groups in total. The number of nitrogens with one attached hydrogen (secondary N) is 1. The lowest BCUT2D eigenvalue weighted by molar-refractivity contribution is -0.119. The van der Waals surface area contributed by atoms with Crippen molar-refractivity contribution in [1.29, 1.82) is 0 Å². The Balaban J connectivity index is 1.87. The van der Waals surface area contributed by atoms with Crippen molar-refractivity contribution in [2.24, 2.45) is 5.92 Å². The van der Waals surface area contributed by atoms with Gasteiger partial charge in [0.2, 0.25) is 0 Å². The van der Waals surface area contributed by atoms with Gasteiger partial charge in [-0.15, -0.1) is 0 Å². The monoisotopic (exact) mass is 395 g/mol. The first kappa shape index (κ1) is 20.1. The van der Waals surface area contributed by atoms with E-state index in [-0.39, 0.29) is 5.69 Å². The van der Waals surface area contributed by atoms with Crippen molar-refractivity contribution in [3.05, 3.63) is 58.1 Å². The number of esters is 1. The van der Waals surface area contributed by atoms with Gasteiger partial charge in [-0.1, -0.05) is 43.1 Å². The molecule has 1 amide bonds. The molecule has 2 aromatic rings. The molecule has 5 nitrogen and oxygen atoms in total. The molecule has 0 spiro atoms. The molecule has 0 atom stereocenters. The number of rotatable bonds is 7. The number of para-hydroxylation sites is 1. The summed E-state index contributed by atoms with van der Waals surface area (Å²) in [6.07, 6.45) is 0. The standard InChI is InChI=1S/C19H19Cl2NO4/c1-12(2)10-25-14-8-6-13(7-9-14)19(24)26-11-17(23)22-18-15(20)4-3-5-16(18)21/h3-9,12H,10-11H2,1-2H3,(H,22,23). The van der Waals surface area contributed by atoms with Crippen LogP contribution in [-0.2, 0) is 9.53 Å². The van der Waals surface area contributed by atoms with E-state index < -0.39 is 18.5 Å². The molecule has 0 bridgehead atoms. The lowest BCUT2D eigenvalue weighted by Gasteiger charge is -2.10. The Kier molecular flexibility index (Phi) is 7.30. The minimum absolute atomic E-state index is 0.281. The SMILES string of the molecule is CC(C)COc1ccc(C(=O)OCC(=O)Nc2c(Cl)cccc2Cl)cc1. The molecule has 2 aromatic carbocycles. The molecule has 0 aliphatic heterocycles. The molecule has 0 aromatic heterocycles. The third kappa shape index (κ3) is 5.93. The summed E-state index contributed by atoms with van der Waals surface area (Å²) in [7, 11) is 0. The van der Waals surface area contributed by atoms with Crippen LogP contribution in [0.25, 0.3) is 0 Å². The van der Waals surface area contributed by atoms with E-state index in [4.69, 9.17) is 32.7 Å². The molecule has 0 aliphatic rings. The summed E-state index contributed by atoms with van der Waals surface area (Å²) in [6.45, 7) is 4.24. The van der Waals surface area contributed by atoms with Gasteiger partial charge in [0.15, 0.2) is 6.61 Å². The van der Waals surface area contributed by atoms with E-state index >= 15 is 0 Å². The highest BCUT2D eigenvalue weighted by molar-refractivity contribution is 6.39. The first-order valence-corrected chi connectivity index (χ1v) is 8.76. The van der Waals surface area contributed by atoms with Crippen LogP contribution in [0.3, 0.4) is 0 Å². The molecule has 0 aliphatic carbocycles. The van der Waals surface area contributed by atoms with Crippen molar-refractivity contribution in [2.75, 3.05) is 18.5 Å². The maximum Gasteiger partial charge on any atom is 0.338 e. The van der Waals surface area contributed by atoms with Crippen LogP contribution in [0.1, 0.15) is 24.2 Å². The van der Waals surface area contributed by atoms with E-state index in [1.54, 1.807) is 42.5 Å². The fourth-order valence-electron chi connectivity index (χ4n) is 1.96. The number of ether oxygens (including phenoxy) is 2. The van der Waals surface area contributed by atoms with Gasteiger partial charge < -0.3 is 14.8 Å². The zero-order valence-corrected chi connectivity index (χ0v) is 15.9. The molecule has 0 heterocycles. The fraction of sp³-hybridized carbons (Fsp3) is 0.263. The van der Waals surface area contributed by atoms with Crippen molar-refractivity contribution in [2.45, 2.75) is 13.8 Å². The summed E-state index contributed by atoms with van der Waals surface area (Å²) in [6, 6.07) is 11.4. The number of amides is 1. The smallest absolute Gasteiger partial charge is 0.338 e. The summed E-state index contributed by atoms with van der Waals surface area (Å²) in [5, 5.41) is 3.12. The van der Waals surface area contributed by atoms with E-state index in [1.807, 2.05) is 13.8 Å². The van der Waals surface area contributed by atoms with Crippen molar-refractivity contribution in [3.8, 4) is 5.75 Å².